The van der Waals surface area contributed by atoms with E-state index >= 15 is 0 Å². The van der Waals surface area contributed by atoms with E-state index in [4.69, 9.17) is 10.8 Å². The van der Waals surface area contributed by atoms with Gasteiger partial charge in [0.05, 0.1) is 12.1 Å². The molecule has 0 saturated carbocycles. The van der Waals surface area contributed by atoms with E-state index in [1.807, 2.05) is 0 Å². The highest BCUT2D eigenvalue weighted by molar-refractivity contribution is 5.94. The Morgan fingerprint density at radius 2 is 2.25 bits per heavy atom. The number of aliphatic hydroxyl groups is 1. The van der Waals surface area contributed by atoms with E-state index in [1.165, 1.54) is 6.20 Å². The van der Waals surface area contributed by atoms with Gasteiger partial charge in [0, 0.05) is 11.9 Å². The predicted octanol–water partition coefficient (Wildman–Crippen LogP) is -1.03. The van der Waals surface area contributed by atoms with Crippen LogP contribution >= 0.6 is 0 Å². The van der Waals surface area contributed by atoms with Crippen LogP contribution in [0.1, 0.15) is 16.1 Å². The normalized spacial score (nSPS) is 11.9. The van der Waals surface area contributed by atoms with Gasteiger partial charge in [-0.3, -0.25) is 14.6 Å². The van der Waals surface area contributed by atoms with Gasteiger partial charge < -0.3 is 16.2 Å². The van der Waals surface area contributed by atoms with Gasteiger partial charge in [-0.2, -0.15) is 0 Å². The maximum atomic E-state index is 11.5. The molecule has 0 spiro atoms. The zero-order chi connectivity index (χ0) is 12.1. The molecule has 86 valence electrons. The summed E-state index contributed by atoms with van der Waals surface area (Å²) in [6.07, 6.45) is 0.0452. The number of pyridine rings is 1. The van der Waals surface area contributed by atoms with Gasteiger partial charge in [0.25, 0.3) is 5.91 Å². The van der Waals surface area contributed by atoms with E-state index in [0.717, 1.165) is 5.69 Å². The number of nitrogens with one attached hydrogen (secondary N) is 1. The first-order chi connectivity index (χ1) is 7.50. The number of aliphatic hydroxyl groups excluding tert-OH is 1. The van der Waals surface area contributed by atoms with Gasteiger partial charge in [-0.05, 0) is 19.1 Å². The summed E-state index contributed by atoms with van der Waals surface area (Å²) in [7, 11) is 0. The molecule has 1 heterocycles. The summed E-state index contributed by atoms with van der Waals surface area (Å²) < 4.78 is 0. The molecule has 1 rings (SSSR count). The van der Waals surface area contributed by atoms with Gasteiger partial charge in [0.2, 0.25) is 5.91 Å². The molecular weight excluding hydrogens is 210 g/mol. The molecule has 0 saturated heterocycles. The highest BCUT2D eigenvalue weighted by Gasteiger charge is 2.13. The van der Waals surface area contributed by atoms with Crippen LogP contribution in [0.15, 0.2) is 18.3 Å². The fourth-order valence-corrected chi connectivity index (χ4v) is 0.994. The van der Waals surface area contributed by atoms with E-state index in [-0.39, 0.29) is 6.54 Å². The van der Waals surface area contributed by atoms with Gasteiger partial charge in [-0.15, -0.1) is 0 Å². The molecule has 0 aliphatic carbocycles. The Morgan fingerprint density at radius 1 is 1.56 bits per heavy atom. The SMILES string of the molecule is Cc1ccc(C(=O)NCC(O)C(N)=O)cn1. The number of primary amides is 1. The third kappa shape index (κ3) is 3.32. The van der Waals surface area contributed by atoms with Gasteiger partial charge >= 0.3 is 0 Å². The summed E-state index contributed by atoms with van der Waals surface area (Å²) in [6, 6.07) is 3.30. The van der Waals surface area contributed by atoms with Gasteiger partial charge in [-0.25, -0.2) is 0 Å². The van der Waals surface area contributed by atoms with Crippen molar-refractivity contribution in [1.82, 2.24) is 10.3 Å². The maximum absolute atomic E-state index is 11.5. The van der Waals surface area contributed by atoms with Crippen LogP contribution in [0.3, 0.4) is 0 Å². The molecule has 6 heteroatoms. The fourth-order valence-electron chi connectivity index (χ4n) is 0.994. The Morgan fingerprint density at radius 3 is 2.75 bits per heavy atom. The Kier molecular flexibility index (Phi) is 3.96. The number of rotatable bonds is 4. The van der Waals surface area contributed by atoms with Crippen molar-refractivity contribution in [3.8, 4) is 0 Å². The van der Waals surface area contributed by atoms with Crippen molar-refractivity contribution in [1.29, 1.82) is 0 Å². The van der Waals surface area contributed by atoms with Crippen molar-refractivity contribution in [3.05, 3.63) is 29.6 Å². The second kappa shape index (κ2) is 5.22. The number of amides is 2. The van der Waals surface area contributed by atoms with Gasteiger partial charge in [0.15, 0.2) is 0 Å². The first kappa shape index (κ1) is 12.1. The van der Waals surface area contributed by atoms with Gasteiger partial charge in [-0.1, -0.05) is 0 Å². The number of hydrogen-bond acceptors (Lipinski definition) is 4. The zero-order valence-electron chi connectivity index (χ0n) is 8.80. The molecule has 2 amide bonds. The molecule has 0 aliphatic heterocycles. The van der Waals surface area contributed by atoms with Gasteiger partial charge in [0.1, 0.15) is 6.10 Å². The molecule has 0 bridgehead atoms. The number of hydrogen-bond donors (Lipinski definition) is 3. The predicted molar refractivity (Wildman–Crippen MR) is 56.5 cm³/mol. The van der Waals surface area contributed by atoms with Crippen LogP contribution in [0.4, 0.5) is 0 Å². The molecule has 1 atom stereocenters. The summed E-state index contributed by atoms with van der Waals surface area (Å²) >= 11 is 0. The molecule has 4 N–H and O–H groups in total. The van der Waals surface area contributed by atoms with E-state index in [1.54, 1.807) is 19.1 Å². The molecule has 1 unspecified atom stereocenters. The van der Waals surface area contributed by atoms with Crippen LogP contribution in [0.2, 0.25) is 0 Å². The third-order valence-electron chi connectivity index (χ3n) is 1.96. The monoisotopic (exact) mass is 223 g/mol. The maximum Gasteiger partial charge on any atom is 0.252 e. The molecule has 0 aromatic carbocycles. The van der Waals surface area contributed by atoms with Crippen molar-refractivity contribution < 1.29 is 14.7 Å². The van der Waals surface area contributed by atoms with Crippen LogP contribution < -0.4 is 11.1 Å². The lowest BCUT2D eigenvalue weighted by atomic mass is 10.2. The van der Waals surface area contributed by atoms with Crippen LogP contribution in [0, 0.1) is 6.92 Å². The van der Waals surface area contributed by atoms with E-state index in [2.05, 4.69) is 10.3 Å². The Hall–Kier alpha value is -1.95. The van der Waals surface area contributed by atoms with Crippen molar-refractivity contribution >= 4 is 11.8 Å². The van der Waals surface area contributed by atoms with Crippen LogP contribution in [-0.4, -0.2) is 34.6 Å². The second-order valence-electron chi connectivity index (χ2n) is 3.32. The summed E-state index contributed by atoms with van der Waals surface area (Å²) in [6.45, 7) is 1.60. The van der Waals surface area contributed by atoms with Crippen LogP contribution in [0.5, 0.6) is 0 Å². The van der Waals surface area contributed by atoms with E-state index in [0.29, 0.717) is 5.56 Å². The zero-order valence-corrected chi connectivity index (χ0v) is 8.80. The first-order valence-corrected chi connectivity index (χ1v) is 4.69. The lowest BCUT2D eigenvalue weighted by Gasteiger charge is -2.08. The van der Waals surface area contributed by atoms with E-state index in [9.17, 15) is 9.59 Å². The third-order valence-corrected chi connectivity index (χ3v) is 1.96. The van der Waals surface area contributed by atoms with Crippen LogP contribution in [0.25, 0.3) is 0 Å². The molecule has 6 nitrogen and oxygen atoms in total. The summed E-state index contributed by atoms with van der Waals surface area (Å²) in [5.74, 6) is -1.28. The number of nitrogens with two attached hydrogens (primary N) is 1. The second-order valence-corrected chi connectivity index (χ2v) is 3.32. The molecule has 16 heavy (non-hydrogen) atoms. The largest absolute Gasteiger partial charge is 0.381 e. The van der Waals surface area contributed by atoms with Crippen molar-refractivity contribution in [2.24, 2.45) is 5.73 Å². The minimum atomic E-state index is -1.37. The molecule has 1 aromatic heterocycles. The van der Waals surface area contributed by atoms with Crippen molar-refractivity contribution in [2.45, 2.75) is 13.0 Å². The number of aromatic nitrogens is 1. The molecule has 0 radical (unpaired) electrons. The molecule has 0 fully saturated rings. The topological polar surface area (TPSA) is 105 Å². The summed E-state index contributed by atoms with van der Waals surface area (Å²) in [5.41, 5.74) is 5.99. The minimum Gasteiger partial charge on any atom is -0.381 e. The number of carbonyl (C=O) groups is 2. The Labute approximate surface area is 92.5 Å². The standard InChI is InChI=1S/C10H13N3O3/c1-6-2-3-7(4-12-6)10(16)13-5-8(14)9(11)15/h2-4,8,14H,5H2,1H3,(H2,11,15)(H,13,16). The molecule has 0 aliphatic rings. The van der Waals surface area contributed by atoms with Crippen LogP contribution in [-0.2, 0) is 4.79 Å². The first-order valence-electron chi connectivity index (χ1n) is 4.69. The average Bonchev–Trinajstić information content (AvgIpc) is 2.26. The van der Waals surface area contributed by atoms with Crippen molar-refractivity contribution in [2.75, 3.05) is 6.54 Å². The smallest absolute Gasteiger partial charge is 0.252 e. The van der Waals surface area contributed by atoms with E-state index < -0.39 is 17.9 Å². The molecule has 1 aromatic rings. The lowest BCUT2D eigenvalue weighted by molar-refractivity contribution is -0.125. The lowest BCUT2D eigenvalue weighted by Crippen LogP contribution is -2.40. The average molecular weight is 223 g/mol. The fraction of sp³-hybridized carbons (Fsp3) is 0.300. The summed E-state index contributed by atoms with van der Waals surface area (Å²) in [5, 5.41) is 11.4. The Bertz CT molecular complexity index is 389. The highest BCUT2D eigenvalue weighted by Crippen LogP contribution is 1.98. The number of nitrogens with zero attached hydrogens (tertiary/aromatic N) is 1. The minimum absolute atomic E-state index is 0.206. The number of aryl methyl sites for hydroxylation is 1. The highest BCUT2D eigenvalue weighted by atomic mass is 16.3. The number of carbonyl (C=O) groups excluding carboxylic acids is 2. The van der Waals surface area contributed by atoms with Crippen molar-refractivity contribution in [3.63, 3.8) is 0 Å². The molecular formula is C10H13N3O3. The quantitative estimate of drug-likeness (QED) is 0.606. The Balaban J connectivity index is 2.53. The summed E-state index contributed by atoms with van der Waals surface area (Å²) in [4.78, 5) is 25.9.